The van der Waals surface area contributed by atoms with Crippen molar-refractivity contribution in [3.05, 3.63) is 186 Å². The van der Waals surface area contributed by atoms with Crippen molar-refractivity contribution in [3.8, 4) is 34.1 Å². The second-order valence-corrected chi connectivity index (χ2v) is 18.3. The number of methoxy groups -OCH3 is 2. The summed E-state index contributed by atoms with van der Waals surface area (Å²) in [5, 5.41) is 0.656. The number of nitrogens with zero attached hydrogens (tertiary/aromatic N) is 1. The van der Waals surface area contributed by atoms with E-state index in [9.17, 15) is 9.13 Å². The first kappa shape index (κ1) is 38.6. The minimum Gasteiger partial charge on any atom is -0.497 e. The van der Waals surface area contributed by atoms with E-state index < -0.39 is 14.7 Å². The fraction of sp³-hybridized carbons (Fsp3) is 0.102. The van der Waals surface area contributed by atoms with Crippen LogP contribution in [0.15, 0.2) is 169 Å². The second-order valence-electron chi connectivity index (χ2n) is 13.9. The average molecular weight is 804 g/mol. The van der Waals surface area contributed by atoms with E-state index in [0.29, 0.717) is 28.7 Å². The Balaban J connectivity index is 1.03. The molecule has 0 amide bonds. The van der Waals surface area contributed by atoms with Crippen molar-refractivity contribution in [3.63, 3.8) is 0 Å². The Bertz CT molecular complexity index is 2670. The normalized spacial score (nSPS) is 19.0. The number of benzene rings is 6. The zero-order valence-corrected chi connectivity index (χ0v) is 34.3. The highest BCUT2D eigenvalue weighted by Gasteiger charge is 2.34. The molecule has 6 aromatic rings. The van der Waals surface area contributed by atoms with Gasteiger partial charge in [0, 0.05) is 39.8 Å². The lowest BCUT2D eigenvalue weighted by atomic mass is 10.0. The fourth-order valence-corrected chi connectivity index (χ4v) is 11.0. The third-order valence-corrected chi connectivity index (χ3v) is 14.1. The zero-order chi connectivity index (χ0) is 40.1. The molecule has 0 bridgehead atoms. The molecule has 2 aliphatic rings. The topological polar surface area (TPSA) is 74.3 Å². The van der Waals surface area contributed by atoms with E-state index in [1.807, 2.05) is 128 Å². The van der Waals surface area contributed by atoms with Crippen LogP contribution >= 0.6 is 14.7 Å². The van der Waals surface area contributed by atoms with Crippen LogP contribution < -0.4 is 28.7 Å². The number of hydrogen-bond donors (Lipinski definition) is 0. The number of rotatable bonds is 11. The summed E-state index contributed by atoms with van der Waals surface area (Å²) < 4.78 is 51.9. The summed E-state index contributed by atoms with van der Waals surface area (Å²) in [5.74, 6) is 6.01. The van der Waals surface area contributed by atoms with Crippen LogP contribution in [0.1, 0.15) is 30.0 Å². The smallest absolute Gasteiger partial charge is 0.300 e. The van der Waals surface area contributed by atoms with Gasteiger partial charge in [0.2, 0.25) is 0 Å². The third-order valence-electron chi connectivity index (χ3n) is 10.1. The van der Waals surface area contributed by atoms with Gasteiger partial charge in [0.05, 0.1) is 25.7 Å². The first-order chi connectivity index (χ1) is 28.3. The van der Waals surface area contributed by atoms with E-state index in [0.717, 1.165) is 62.6 Å². The molecule has 7 nitrogen and oxygen atoms in total. The van der Waals surface area contributed by atoms with Gasteiger partial charge in [-0.2, -0.15) is 0 Å². The highest BCUT2D eigenvalue weighted by Crippen LogP contribution is 2.58. The van der Waals surface area contributed by atoms with E-state index >= 15 is 0 Å². The molecular weight excluding hydrogens is 760 g/mol. The van der Waals surface area contributed by atoms with Crippen molar-refractivity contribution >= 4 is 54.8 Å². The number of ether oxygens (including phenoxy) is 2. The SMILES string of the molecule is C/C=C\C/C=C1\CP(=O)(/C=C/c2ccc(N(c3ccccc3)c3ccc(/C=C/P4(=O)Oc5ccc(OC)cc5-c5ccccc54)cc3)cc2)Oc2ccc(OC)cc21. The van der Waals surface area contributed by atoms with E-state index in [1.54, 1.807) is 25.9 Å². The standard InChI is InChI=1S/C49H43NO6P2/c1-4-5-7-12-38-35-57(51,55-47-27-25-42(53-2)33-45(38)47)31-29-36-17-21-40(22-18-36)50(39-13-8-6-9-14-39)41-23-19-37(20-24-41)30-32-58(52)49-16-11-10-15-44(49)46-34-43(54-3)26-28-48(46)56-58/h4-6,8-34H,7,35H2,1-3H3/b5-4-,31-29+,32-30+,38-12+. The van der Waals surface area contributed by atoms with Crippen LogP contribution in [0.25, 0.3) is 28.9 Å². The molecule has 2 aliphatic heterocycles. The van der Waals surface area contributed by atoms with Crippen molar-refractivity contribution in [2.24, 2.45) is 0 Å². The highest BCUT2D eigenvalue weighted by molar-refractivity contribution is 7.71. The van der Waals surface area contributed by atoms with Crippen molar-refractivity contribution in [2.75, 3.05) is 25.3 Å². The summed E-state index contributed by atoms with van der Waals surface area (Å²) in [6.07, 6.45) is 11.0. The number of hydrogen-bond acceptors (Lipinski definition) is 7. The molecule has 0 spiro atoms. The molecule has 6 aromatic carbocycles. The lowest BCUT2D eigenvalue weighted by Gasteiger charge is -2.27. The van der Waals surface area contributed by atoms with Crippen molar-refractivity contribution < 1.29 is 27.7 Å². The van der Waals surface area contributed by atoms with Gasteiger partial charge in [-0.05, 0) is 127 Å². The van der Waals surface area contributed by atoms with E-state index in [-0.39, 0.29) is 0 Å². The zero-order valence-electron chi connectivity index (χ0n) is 32.5. The number of para-hydroxylation sites is 1. The summed E-state index contributed by atoms with van der Waals surface area (Å²) in [5.41, 5.74) is 8.30. The Morgan fingerprint density at radius 2 is 1.19 bits per heavy atom. The molecule has 9 heteroatoms. The van der Waals surface area contributed by atoms with Crippen molar-refractivity contribution in [1.82, 2.24) is 0 Å². The minimum absolute atomic E-state index is 0.299. The minimum atomic E-state index is -3.37. The van der Waals surface area contributed by atoms with Gasteiger partial charge in [-0.1, -0.05) is 78.9 Å². The molecule has 0 saturated carbocycles. The Morgan fingerprint density at radius 3 is 1.83 bits per heavy atom. The molecule has 2 atom stereocenters. The van der Waals surface area contributed by atoms with Gasteiger partial charge in [-0.25, -0.2) is 0 Å². The molecular formula is C49H43NO6P2. The monoisotopic (exact) mass is 803 g/mol. The van der Waals surface area contributed by atoms with E-state index in [2.05, 4.69) is 53.5 Å². The maximum atomic E-state index is 14.4. The van der Waals surface area contributed by atoms with Crippen molar-refractivity contribution in [2.45, 2.75) is 13.3 Å². The predicted molar refractivity (Wildman–Crippen MR) is 239 cm³/mol. The Kier molecular flexibility index (Phi) is 11.1. The summed E-state index contributed by atoms with van der Waals surface area (Å²) in [4.78, 5) is 2.17. The first-order valence-electron chi connectivity index (χ1n) is 19.1. The van der Waals surface area contributed by atoms with Crippen LogP contribution in [0.3, 0.4) is 0 Å². The third kappa shape index (κ3) is 8.11. The van der Waals surface area contributed by atoms with Crippen LogP contribution in [0.4, 0.5) is 17.1 Å². The number of anilines is 3. The Morgan fingerprint density at radius 1 is 0.621 bits per heavy atom. The van der Waals surface area contributed by atoms with Crippen LogP contribution in [0.5, 0.6) is 23.0 Å². The average Bonchev–Trinajstić information content (AvgIpc) is 3.26. The molecule has 290 valence electrons. The number of allylic oxidation sites excluding steroid dienone is 4. The molecule has 2 unspecified atom stereocenters. The molecule has 0 N–H and O–H groups in total. The highest BCUT2D eigenvalue weighted by atomic mass is 31.2. The summed E-state index contributed by atoms with van der Waals surface area (Å²) in [7, 11) is -3.29. The van der Waals surface area contributed by atoms with Gasteiger partial charge >= 0.3 is 0 Å². The van der Waals surface area contributed by atoms with Crippen LogP contribution in [0.2, 0.25) is 0 Å². The van der Waals surface area contributed by atoms with Gasteiger partial charge in [0.25, 0.3) is 14.7 Å². The van der Waals surface area contributed by atoms with Crippen LogP contribution in [0, 0.1) is 0 Å². The maximum absolute atomic E-state index is 14.4. The first-order valence-corrected chi connectivity index (χ1v) is 22.6. The summed E-state index contributed by atoms with van der Waals surface area (Å²) in [6.45, 7) is 1.99. The lowest BCUT2D eigenvalue weighted by molar-refractivity contribution is 0.413. The van der Waals surface area contributed by atoms with Gasteiger partial charge in [-0.3, -0.25) is 9.13 Å². The van der Waals surface area contributed by atoms with Crippen LogP contribution in [-0.2, 0) is 9.13 Å². The molecule has 0 aliphatic carbocycles. The second kappa shape index (κ2) is 16.7. The maximum Gasteiger partial charge on any atom is 0.300 e. The summed E-state index contributed by atoms with van der Waals surface area (Å²) in [6, 6.07) is 45.2. The molecule has 0 radical (unpaired) electrons. The molecule has 0 fully saturated rings. The van der Waals surface area contributed by atoms with Gasteiger partial charge in [0.1, 0.15) is 23.0 Å². The molecule has 58 heavy (non-hydrogen) atoms. The molecule has 0 aromatic heterocycles. The molecule has 2 heterocycles. The predicted octanol–water partition coefficient (Wildman–Crippen LogP) is 13.5. The quantitative estimate of drug-likeness (QED) is 0.0954. The van der Waals surface area contributed by atoms with E-state index in [1.165, 1.54) is 0 Å². The lowest BCUT2D eigenvalue weighted by Crippen LogP contribution is -2.16. The molecule has 0 saturated heterocycles. The van der Waals surface area contributed by atoms with Crippen LogP contribution in [-0.4, -0.2) is 20.4 Å². The Hall–Kier alpha value is -6.26. The van der Waals surface area contributed by atoms with Gasteiger partial charge in [-0.15, -0.1) is 0 Å². The Labute approximate surface area is 340 Å². The van der Waals surface area contributed by atoms with Crippen molar-refractivity contribution in [1.29, 1.82) is 0 Å². The van der Waals surface area contributed by atoms with Gasteiger partial charge in [0.15, 0.2) is 0 Å². The van der Waals surface area contributed by atoms with Gasteiger partial charge < -0.3 is 23.4 Å². The largest absolute Gasteiger partial charge is 0.497 e. The molecule has 8 rings (SSSR count). The van der Waals surface area contributed by atoms with E-state index in [4.69, 9.17) is 18.5 Å². The fourth-order valence-electron chi connectivity index (χ4n) is 7.17. The number of fused-ring (bicyclic) bond motifs is 4. The summed E-state index contributed by atoms with van der Waals surface area (Å²) >= 11 is 0.